The van der Waals surface area contributed by atoms with Gasteiger partial charge in [-0.05, 0) is 59.3 Å². The average Bonchev–Trinajstić information content (AvgIpc) is 2.88. The van der Waals surface area contributed by atoms with Gasteiger partial charge in [0.25, 0.3) is 0 Å². The maximum atomic E-state index is 13.5. The topological polar surface area (TPSA) is 0 Å². The third-order valence-corrected chi connectivity index (χ3v) is 7.50. The molecule has 0 saturated heterocycles. The van der Waals surface area contributed by atoms with E-state index in [1.807, 2.05) is 6.08 Å². The summed E-state index contributed by atoms with van der Waals surface area (Å²) in [6, 6.07) is 0. The van der Waals surface area contributed by atoms with Crippen LogP contribution in [0.5, 0.6) is 0 Å². The number of fused-ring (bicyclic) bond motifs is 6. The molecule has 114 valence electrons. The maximum Gasteiger partial charge on any atom is 0.119 e. The molecule has 0 nitrogen and oxygen atoms in total. The fourth-order valence-electron chi connectivity index (χ4n) is 5.59. The Morgan fingerprint density at radius 1 is 1.18 bits per heavy atom. The zero-order chi connectivity index (χ0) is 15.3. The van der Waals surface area contributed by atoms with Gasteiger partial charge >= 0.3 is 0 Å². The lowest BCUT2D eigenvalue weighted by Crippen LogP contribution is -2.38. The van der Waals surface area contributed by atoms with Crippen molar-refractivity contribution in [1.29, 1.82) is 0 Å². The van der Waals surface area contributed by atoms with Crippen molar-refractivity contribution in [3.63, 3.8) is 0 Å². The fraction of sp³-hybridized carbons (Fsp3) is 0.524. The SMILES string of the molecule is CC1(C)CCC2=CC3=C(C=C4C5C=C(F)C=CC5C43)CC21C. The highest BCUT2D eigenvalue weighted by molar-refractivity contribution is 5.60. The summed E-state index contributed by atoms with van der Waals surface area (Å²) in [4.78, 5) is 0. The first-order valence-electron chi connectivity index (χ1n) is 8.62. The van der Waals surface area contributed by atoms with Gasteiger partial charge in [0.1, 0.15) is 5.83 Å². The van der Waals surface area contributed by atoms with E-state index >= 15 is 0 Å². The molecule has 5 aliphatic carbocycles. The second-order valence-corrected chi connectivity index (χ2v) is 8.68. The second kappa shape index (κ2) is 3.75. The third kappa shape index (κ3) is 1.34. The van der Waals surface area contributed by atoms with Crippen molar-refractivity contribution in [2.24, 2.45) is 28.6 Å². The number of rotatable bonds is 0. The zero-order valence-corrected chi connectivity index (χ0v) is 13.6. The summed E-state index contributed by atoms with van der Waals surface area (Å²) in [5.74, 6) is 1.30. The molecule has 0 spiro atoms. The standard InChI is InChI=1S/C21H23F/c1-20(2)7-6-13-9-16-12(11-21(13,20)3)8-18-17-10-14(22)4-5-15(17)19(16)18/h4-5,8-10,15,17,19H,6-7,11H2,1-3H3. The Labute approximate surface area is 132 Å². The van der Waals surface area contributed by atoms with Crippen LogP contribution in [-0.4, -0.2) is 0 Å². The lowest BCUT2D eigenvalue weighted by molar-refractivity contribution is 0.163. The maximum absolute atomic E-state index is 13.5. The summed E-state index contributed by atoms with van der Waals surface area (Å²) in [5.41, 5.74) is 6.92. The predicted octanol–water partition coefficient (Wildman–Crippen LogP) is 5.66. The molecule has 0 aromatic rings. The minimum atomic E-state index is -0.0613. The average molecular weight is 294 g/mol. The smallest absolute Gasteiger partial charge is 0.119 e. The van der Waals surface area contributed by atoms with E-state index in [4.69, 9.17) is 0 Å². The molecule has 0 amide bonds. The Bertz CT molecular complexity index is 740. The molecule has 1 heteroatoms. The lowest BCUT2D eigenvalue weighted by Gasteiger charge is -2.46. The van der Waals surface area contributed by atoms with E-state index in [0.29, 0.717) is 28.6 Å². The van der Waals surface area contributed by atoms with Crippen LogP contribution < -0.4 is 0 Å². The van der Waals surface area contributed by atoms with Gasteiger partial charge in [0.2, 0.25) is 0 Å². The van der Waals surface area contributed by atoms with Crippen LogP contribution in [0.1, 0.15) is 40.0 Å². The van der Waals surface area contributed by atoms with E-state index in [1.54, 1.807) is 17.2 Å². The number of hydrogen-bond donors (Lipinski definition) is 0. The molecule has 4 atom stereocenters. The van der Waals surface area contributed by atoms with Gasteiger partial charge in [-0.25, -0.2) is 4.39 Å². The van der Waals surface area contributed by atoms with Crippen molar-refractivity contribution in [2.75, 3.05) is 0 Å². The first kappa shape index (κ1) is 13.1. The molecule has 5 aliphatic rings. The summed E-state index contributed by atoms with van der Waals surface area (Å²) in [6.07, 6.45) is 14.3. The van der Waals surface area contributed by atoms with Crippen LogP contribution in [0.15, 0.2) is 58.5 Å². The normalized spacial score (nSPS) is 43.5. The fourth-order valence-corrected chi connectivity index (χ4v) is 5.59. The van der Waals surface area contributed by atoms with Crippen molar-refractivity contribution in [3.8, 4) is 0 Å². The van der Waals surface area contributed by atoms with Crippen LogP contribution in [0.3, 0.4) is 0 Å². The molecule has 2 saturated carbocycles. The number of allylic oxidation sites excluding steroid dienone is 10. The van der Waals surface area contributed by atoms with Gasteiger partial charge in [-0.15, -0.1) is 0 Å². The highest BCUT2D eigenvalue weighted by Gasteiger charge is 2.55. The lowest BCUT2D eigenvalue weighted by atomic mass is 9.57. The summed E-state index contributed by atoms with van der Waals surface area (Å²) in [7, 11) is 0. The predicted molar refractivity (Wildman–Crippen MR) is 87.7 cm³/mol. The van der Waals surface area contributed by atoms with Crippen molar-refractivity contribution in [1.82, 2.24) is 0 Å². The van der Waals surface area contributed by atoms with Crippen LogP contribution in [0, 0.1) is 28.6 Å². The van der Waals surface area contributed by atoms with Crippen molar-refractivity contribution in [3.05, 3.63) is 58.5 Å². The summed E-state index contributed by atoms with van der Waals surface area (Å²) in [5, 5.41) is 0. The molecule has 0 N–H and O–H groups in total. The monoisotopic (exact) mass is 294 g/mol. The Hall–Kier alpha value is -1.37. The summed E-state index contributed by atoms with van der Waals surface area (Å²) in [6.45, 7) is 7.31. The minimum Gasteiger partial charge on any atom is -0.207 e. The molecule has 0 bridgehead atoms. The Balaban J connectivity index is 1.56. The Morgan fingerprint density at radius 3 is 2.82 bits per heavy atom. The molecule has 0 heterocycles. The third-order valence-electron chi connectivity index (χ3n) is 7.50. The molecule has 4 unspecified atom stereocenters. The summed E-state index contributed by atoms with van der Waals surface area (Å²) >= 11 is 0. The van der Waals surface area contributed by atoms with Gasteiger partial charge in [-0.2, -0.15) is 0 Å². The molecular weight excluding hydrogens is 271 g/mol. The van der Waals surface area contributed by atoms with Crippen molar-refractivity contribution >= 4 is 0 Å². The molecule has 0 aliphatic heterocycles. The Morgan fingerprint density at radius 2 is 2.00 bits per heavy atom. The van der Waals surface area contributed by atoms with Gasteiger partial charge < -0.3 is 0 Å². The van der Waals surface area contributed by atoms with Gasteiger partial charge in [0.05, 0.1) is 0 Å². The minimum absolute atomic E-state index is 0.0613. The van der Waals surface area contributed by atoms with Gasteiger partial charge in [0.15, 0.2) is 0 Å². The molecule has 5 rings (SSSR count). The van der Waals surface area contributed by atoms with Crippen LogP contribution in [0.25, 0.3) is 0 Å². The van der Waals surface area contributed by atoms with Gasteiger partial charge in [0, 0.05) is 11.8 Å². The van der Waals surface area contributed by atoms with Crippen molar-refractivity contribution in [2.45, 2.75) is 40.0 Å². The number of halogens is 1. The van der Waals surface area contributed by atoms with Gasteiger partial charge in [-0.3, -0.25) is 0 Å². The van der Waals surface area contributed by atoms with Crippen molar-refractivity contribution < 1.29 is 4.39 Å². The van der Waals surface area contributed by atoms with E-state index in [2.05, 4.69) is 39.0 Å². The molecular formula is C21H23F. The van der Waals surface area contributed by atoms with E-state index in [9.17, 15) is 4.39 Å². The highest BCUT2D eigenvalue weighted by atomic mass is 19.1. The van der Waals surface area contributed by atoms with Crippen LogP contribution in [-0.2, 0) is 0 Å². The molecule has 0 aromatic carbocycles. The first-order valence-corrected chi connectivity index (χ1v) is 8.62. The molecule has 2 fully saturated rings. The van der Waals surface area contributed by atoms with E-state index < -0.39 is 0 Å². The van der Waals surface area contributed by atoms with Crippen LogP contribution in [0.2, 0.25) is 0 Å². The summed E-state index contributed by atoms with van der Waals surface area (Å²) < 4.78 is 13.5. The first-order chi connectivity index (χ1) is 10.4. The Kier molecular flexibility index (Phi) is 2.23. The van der Waals surface area contributed by atoms with E-state index in [-0.39, 0.29) is 5.83 Å². The van der Waals surface area contributed by atoms with E-state index in [0.717, 1.165) is 0 Å². The quantitative estimate of drug-likeness (QED) is 0.540. The largest absolute Gasteiger partial charge is 0.207 e. The van der Waals surface area contributed by atoms with E-state index in [1.165, 1.54) is 30.4 Å². The number of hydrogen-bond acceptors (Lipinski definition) is 0. The zero-order valence-electron chi connectivity index (χ0n) is 13.6. The van der Waals surface area contributed by atoms with Crippen LogP contribution in [0.4, 0.5) is 4.39 Å². The molecule has 22 heavy (non-hydrogen) atoms. The second-order valence-electron chi connectivity index (χ2n) is 8.68. The highest BCUT2D eigenvalue weighted by Crippen LogP contribution is 2.65. The van der Waals surface area contributed by atoms with Gasteiger partial charge in [-0.1, -0.05) is 50.1 Å². The molecule has 0 radical (unpaired) electrons. The van der Waals surface area contributed by atoms with Crippen LogP contribution >= 0.6 is 0 Å². The molecule has 0 aromatic heterocycles.